The monoisotopic (exact) mass is 754 g/mol. The van der Waals surface area contributed by atoms with E-state index in [0.717, 1.165) is 50.5 Å². The lowest BCUT2D eigenvalue weighted by Gasteiger charge is -2.56. The van der Waals surface area contributed by atoms with Gasteiger partial charge in [-0.1, -0.05) is 43.7 Å². The first kappa shape index (κ1) is 37.8. The fourth-order valence-electron chi connectivity index (χ4n) is 9.45. The van der Waals surface area contributed by atoms with Gasteiger partial charge in [0.05, 0.1) is 17.8 Å². The molecule has 0 amide bonds. The highest BCUT2D eigenvalue weighted by Crippen LogP contribution is 2.53. The van der Waals surface area contributed by atoms with E-state index in [4.69, 9.17) is 30.6 Å². The van der Waals surface area contributed by atoms with E-state index in [2.05, 4.69) is 32.2 Å². The largest absolute Gasteiger partial charge is 0.480 e. The van der Waals surface area contributed by atoms with E-state index >= 15 is 0 Å². The van der Waals surface area contributed by atoms with Crippen molar-refractivity contribution in [2.75, 3.05) is 56.8 Å². The second-order valence-corrected chi connectivity index (χ2v) is 15.9. The number of esters is 2. The zero-order chi connectivity index (χ0) is 37.8. The second-order valence-electron chi connectivity index (χ2n) is 15.5. The molecule has 4 heterocycles. The Labute approximate surface area is 315 Å². The van der Waals surface area contributed by atoms with Gasteiger partial charge in [0.1, 0.15) is 17.2 Å². The molecule has 2 aromatic rings. The summed E-state index contributed by atoms with van der Waals surface area (Å²) in [5, 5.41) is 38.3. The zero-order valence-corrected chi connectivity index (χ0v) is 32.0. The normalized spacial score (nSPS) is 34.7. The molecule has 1 saturated carbocycles. The maximum absolute atomic E-state index is 14.2. The summed E-state index contributed by atoms with van der Waals surface area (Å²) in [5.41, 5.74) is -1.30. The number of rotatable bonds is 8. The number of hydrogen-bond donors (Lipinski definition) is 3. The van der Waals surface area contributed by atoms with Crippen molar-refractivity contribution in [1.82, 2.24) is 20.4 Å². The number of carbonyl (C=O) groups is 2. The number of nitrogens with zero attached hydrogens (tertiary/aromatic N) is 5. The van der Waals surface area contributed by atoms with Gasteiger partial charge in [-0.3, -0.25) is 29.7 Å². The molecule has 3 aliphatic heterocycles. The number of piperazine rings is 1. The predicted molar refractivity (Wildman–Crippen MR) is 196 cm³/mol. The predicted octanol–water partition coefficient (Wildman–Crippen LogP) is 3.05. The summed E-state index contributed by atoms with van der Waals surface area (Å²) >= 11 is 6.48. The van der Waals surface area contributed by atoms with Crippen LogP contribution in [0.2, 0.25) is 5.02 Å². The molecule has 53 heavy (non-hydrogen) atoms. The first-order valence-electron chi connectivity index (χ1n) is 18.6. The fourth-order valence-corrected chi connectivity index (χ4v) is 9.75. The molecule has 1 aromatic heterocycles. The molecule has 5 aliphatic rings. The number of aromatic nitrogens is 2. The molecule has 10 atom stereocenters. The smallest absolute Gasteiger partial charge is 0.323 e. The quantitative estimate of drug-likeness (QED) is 0.267. The number of methoxy groups -OCH3 is 1. The van der Waals surface area contributed by atoms with E-state index in [1.165, 1.54) is 12.0 Å². The number of benzene rings is 1. The van der Waals surface area contributed by atoms with Crippen LogP contribution in [0.25, 0.3) is 0 Å². The third kappa shape index (κ3) is 6.76. The highest BCUT2D eigenvalue weighted by atomic mass is 35.5. The molecule has 15 heteroatoms. The topological polar surface area (TPSA) is 159 Å². The molecule has 0 spiro atoms. The van der Waals surface area contributed by atoms with E-state index in [0.29, 0.717) is 28.6 Å². The number of hydrogen-bond acceptors (Lipinski definition) is 14. The van der Waals surface area contributed by atoms with Crippen LogP contribution in [0.1, 0.15) is 52.5 Å². The van der Waals surface area contributed by atoms with Crippen LogP contribution >= 0.6 is 11.6 Å². The molecule has 2 saturated heterocycles. The summed E-state index contributed by atoms with van der Waals surface area (Å²) in [4.78, 5) is 37.3. The van der Waals surface area contributed by atoms with Crippen LogP contribution in [0, 0.1) is 23.7 Å². The lowest BCUT2D eigenvalue weighted by Crippen LogP contribution is -2.66. The van der Waals surface area contributed by atoms with Crippen molar-refractivity contribution in [1.29, 1.82) is 0 Å². The summed E-state index contributed by atoms with van der Waals surface area (Å²) in [7, 11) is 3.26. The Morgan fingerprint density at radius 1 is 1.11 bits per heavy atom. The van der Waals surface area contributed by atoms with E-state index in [1.54, 1.807) is 32.4 Å². The Morgan fingerprint density at radius 3 is 2.55 bits per heavy atom. The number of halogens is 1. The summed E-state index contributed by atoms with van der Waals surface area (Å²) in [6, 6.07) is 7.99. The van der Waals surface area contributed by atoms with Crippen molar-refractivity contribution >= 4 is 35.0 Å². The van der Waals surface area contributed by atoms with Gasteiger partial charge in [-0.2, -0.15) is 0 Å². The van der Waals surface area contributed by atoms with Crippen molar-refractivity contribution < 1.29 is 38.9 Å². The van der Waals surface area contributed by atoms with Gasteiger partial charge in [0.15, 0.2) is 24.3 Å². The first-order valence-corrected chi connectivity index (χ1v) is 18.9. The Balaban J connectivity index is 1.09. The van der Waals surface area contributed by atoms with E-state index < -0.39 is 47.6 Å². The van der Waals surface area contributed by atoms with Crippen LogP contribution in [-0.2, 0) is 29.5 Å². The van der Waals surface area contributed by atoms with Gasteiger partial charge in [0.25, 0.3) is 0 Å². The van der Waals surface area contributed by atoms with Crippen molar-refractivity contribution in [3.8, 4) is 5.88 Å². The minimum Gasteiger partial charge on any atom is -0.480 e. The molecular formula is C38H51ClN6O8. The van der Waals surface area contributed by atoms with Gasteiger partial charge in [-0.25, -0.2) is 0 Å². The maximum Gasteiger partial charge on any atom is 0.323 e. The molecule has 0 bridgehead atoms. The molecule has 0 radical (unpaired) electrons. The molecular weight excluding hydrogens is 704 g/mol. The first-order chi connectivity index (χ1) is 25.2. The Hall–Kier alpha value is -3.53. The average molecular weight is 755 g/mol. The van der Waals surface area contributed by atoms with Crippen LogP contribution in [0.3, 0.4) is 0 Å². The average Bonchev–Trinajstić information content (AvgIpc) is 3.48. The molecule has 1 unspecified atom stereocenters. The van der Waals surface area contributed by atoms with Crippen LogP contribution < -0.4 is 20.0 Å². The molecule has 14 nitrogen and oxygen atoms in total. The summed E-state index contributed by atoms with van der Waals surface area (Å²) < 4.78 is 17.3. The molecule has 3 N–H and O–H groups in total. The standard InChI is InChI=1S/C38H51ClN6O8/c1-21-18-27-25(22(2)20-44-14-16-45(17-15-44)30-12-13-31(50-6)42-41-30)11-10-23(3)38(27,49)34(33(21)51-24(4)46)52-35(47)29-19-37(48)26-8-7-9-28(39)32(26)43(5)53-36(37)40-29/h7-9,12-13,18,22-23,25,27,29,33-34,36,40,48-49H,10-11,14-17,19-20H2,1-6H3/t22?,23-,25+,27-,29+,33-,34+,36-,37-,38-/m1/s1. The van der Waals surface area contributed by atoms with Crippen molar-refractivity contribution in [3.05, 3.63) is 52.6 Å². The van der Waals surface area contributed by atoms with Crippen LogP contribution in [0.5, 0.6) is 5.88 Å². The lowest BCUT2D eigenvalue weighted by molar-refractivity contribution is -0.225. The third-order valence-corrected chi connectivity index (χ3v) is 12.6. The van der Waals surface area contributed by atoms with Gasteiger partial charge in [-0.05, 0) is 55.2 Å². The summed E-state index contributed by atoms with van der Waals surface area (Å²) in [6.07, 6.45) is 0.506. The number of para-hydroxylation sites is 1. The van der Waals surface area contributed by atoms with Crippen LogP contribution in [0.15, 0.2) is 42.0 Å². The summed E-state index contributed by atoms with van der Waals surface area (Å²) in [6.45, 7) is 11.6. The SMILES string of the molecule is COc1ccc(N2CCN(CC(C)[C@@H]3CC[C@@H](C)[C@@]4(O)[C@@H]3C=C(C)[C@@H](OC(C)=O)[C@@H]4OC(=O)[C@@H]3C[C@@]4(O)c5cccc(Cl)c5N(C)O[C@H]4N3)CC2)nn1. The Kier molecular flexibility index (Phi) is 10.4. The number of fused-ring (bicyclic) bond motifs is 4. The van der Waals surface area contributed by atoms with Gasteiger partial charge in [-0.15, -0.1) is 10.2 Å². The molecule has 7 rings (SSSR count). The minimum absolute atomic E-state index is 0.0488. The Morgan fingerprint density at radius 2 is 1.87 bits per heavy atom. The zero-order valence-electron chi connectivity index (χ0n) is 31.2. The van der Waals surface area contributed by atoms with Gasteiger partial charge in [0.2, 0.25) is 5.88 Å². The number of nitrogens with one attached hydrogen (secondary N) is 1. The van der Waals surface area contributed by atoms with Crippen molar-refractivity contribution in [3.63, 3.8) is 0 Å². The highest BCUT2D eigenvalue weighted by Gasteiger charge is 2.62. The van der Waals surface area contributed by atoms with E-state index in [-0.39, 0.29) is 30.1 Å². The molecule has 2 aliphatic carbocycles. The van der Waals surface area contributed by atoms with Crippen molar-refractivity contribution in [2.24, 2.45) is 23.7 Å². The third-order valence-electron chi connectivity index (χ3n) is 12.3. The molecule has 1 aromatic carbocycles. The lowest BCUT2D eigenvalue weighted by atomic mass is 9.55. The number of anilines is 2. The molecule has 288 valence electrons. The van der Waals surface area contributed by atoms with Gasteiger partial charge >= 0.3 is 11.9 Å². The van der Waals surface area contributed by atoms with Gasteiger partial charge < -0.3 is 29.3 Å². The highest BCUT2D eigenvalue weighted by molar-refractivity contribution is 6.33. The number of hydroxylamine groups is 1. The van der Waals surface area contributed by atoms with E-state index in [1.807, 2.05) is 32.1 Å². The Bertz CT molecular complexity index is 1720. The van der Waals surface area contributed by atoms with Gasteiger partial charge in [0, 0.05) is 70.7 Å². The summed E-state index contributed by atoms with van der Waals surface area (Å²) in [5.74, 6) is -0.240. The van der Waals surface area contributed by atoms with E-state index in [9.17, 15) is 19.8 Å². The second kappa shape index (κ2) is 14.6. The number of ether oxygens (including phenoxy) is 3. The minimum atomic E-state index is -1.57. The molecule has 3 fully saturated rings. The van der Waals surface area contributed by atoms with Crippen LogP contribution in [-0.4, -0.2) is 114 Å². The number of carbonyl (C=O) groups excluding carboxylic acids is 2. The van der Waals surface area contributed by atoms with Crippen molar-refractivity contribution in [2.45, 2.75) is 82.6 Å². The number of aliphatic hydroxyl groups is 2. The maximum atomic E-state index is 14.2. The van der Waals surface area contributed by atoms with Crippen LogP contribution in [0.4, 0.5) is 11.5 Å². The fraction of sp³-hybridized carbons (Fsp3) is 0.632.